The lowest BCUT2D eigenvalue weighted by atomic mass is 9.71. The molecule has 0 amide bonds. The SMILES string of the molecule is CC1=C(/C=C/C(C)=C/C=C/C(C)=C/C=N/O)C(C)(C)CC(O)C1. The number of aliphatic hydroxyl groups excluding tert-OH is 1. The van der Waals surface area contributed by atoms with Gasteiger partial charge in [-0.05, 0) is 56.3 Å². The minimum atomic E-state index is -0.223. The summed E-state index contributed by atoms with van der Waals surface area (Å²) in [5.74, 6) is 0. The minimum absolute atomic E-state index is 0.0112. The first kappa shape index (κ1) is 19.2. The first-order valence-electron chi connectivity index (χ1n) is 8.02. The Bertz CT molecular complexity index is 587. The summed E-state index contributed by atoms with van der Waals surface area (Å²) >= 11 is 0. The summed E-state index contributed by atoms with van der Waals surface area (Å²) in [7, 11) is 0. The van der Waals surface area contributed by atoms with Gasteiger partial charge in [0.15, 0.2) is 0 Å². The van der Waals surface area contributed by atoms with Crippen molar-refractivity contribution in [3.63, 3.8) is 0 Å². The third kappa shape index (κ3) is 6.41. The fourth-order valence-corrected chi connectivity index (χ4v) is 3.01. The molecule has 0 saturated heterocycles. The largest absolute Gasteiger partial charge is 0.411 e. The van der Waals surface area contributed by atoms with Crippen molar-refractivity contribution in [2.75, 3.05) is 0 Å². The molecule has 126 valence electrons. The predicted molar refractivity (Wildman–Crippen MR) is 97.8 cm³/mol. The Morgan fingerprint density at radius 1 is 1.17 bits per heavy atom. The van der Waals surface area contributed by atoms with Gasteiger partial charge in [-0.15, -0.1) is 0 Å². The maximum absolute atomic E-state index is 9.93. The highest BCUT2D eigenvalue weighted by Gasteiger charge is 2.31. The summed E-state index contributed by atoms with van der Waals surface area (Å²) in [6.07, 6.45) is 14.7. The van der Waals surface area contributed by atoms with Crippen LogP contribution in [0.2, 0.25) is 0 Å². The average molecular weight is 315 g/mol. The molecule has 3 heteroatoms. The Balaban J connectivity index is 2.82. The molecule has 2 N–H and O–H groups in total. The van der Waals surface area contributed by atoms with Crippen LogP contribution in [-0.4, -0.2) is 22.6 Å². The van der Waals surface area contributed by atoms with E-state index in [1.165, 1.54) is 17.4 Å². The first-order chi connectivity index (χ1) is 10.8. The van der Waals surface area contributed by atoms with E-state index in [4.69, 9.17) is 5.21 Å². The molecule has 0 aromatic rings. The van der Waals surface area contributed by atoms with Crippen molar-refractivity contribution in [1.29, 1.82) is 0 Å². The average Bonchev–Trinajstić information content (AvgIpc) is 2.43. The van der Waals surface area contributed by atoms with Crippen molar-refractivity contribution >= 4 is 6.21 Å². The molecule has 0 fully saturated rings. The molecule has 0 saturated carbocycles. The highest BCUT2D eigenvalue weighted by Crippen LogP contribution is 2.40. The number of rotatable bonds is 5. The van der Waals surface area contributed by atoms with Crippen LogP contribution in [0, 0.1) is 5.41 Å². The van der Waals surface area contributed by atoms with E-state index in [0.29, 0.717) is 0 Å². The molecule has 3 nitrogen and oxygen atoms in total. The van der Waals surface area contributed by atoms with Crippen molar-refractivity contribution in [3.05, 3.63) is 58.7 Å². The minimum Gasteiger partial charge on any atom is -0.411 e. The Morgan fingerprint density at radius 3 is 2.43 bits per heavy atom. The monoisotopic (exact) mass is 315 g/mol. The van der Waals surface area contributed by atoms with Gasteiger partial charge >= 0.3 is 0 Å². The zero-order chi connectivity index (χ0) is 17.5. The van der Waals surface area contributed by atoms with Crippen LogP contribution in [0.3, 0.4) is 0 Å². The van der Waals surface area contributed by atoms with E-state index in [2.05, 4.69) is 45.0 Å². The van der Waals surface area contributed by atoms with E-state index < -0.39 is 0 Å². The fourth-order valence-electron chi connectivity index (χ4n) is 3.01. The van der Waals surface area contributed by atoms with E-state index in [1.807, 2.05) is 25.2 Å². The van der Waals surface area contributed by atoms with Gasteiger partial charge in [0.25, 0.3) is 0 Å². The van der Waals surface area contributed by atoms with Gasteiger partial charge in [-0.2, -0.15) is 0 Å². The molecule has 1 unspecified atom stereocenters. The molecule has 0 spiro atoms. The smallest absolute Gasteiger partial charge is 0.0664 e. The molecule has 1 aliphatic carbocycles. The van der Waals surface area contributed by atoms with E-state index in [-0.39, 0.29) is 11.5 Å². The molecule has 0 bridgehead atoms. The van der Waals surface area contributed by atoms with Gasteiger partial charge in [0, 0.05) is 0 Å². The van der Waals surface area contributed by atoms with Crippen molar-refractivity contribution in [2.45, 2.75) is 53.6 Å². The van der Waals surface area contributed by atoms with Gasteiger partial charge in [-0.25, -0.2) is 0 Å². The van der Waals surface area contributed by atoms with E-state index in [0.717, 1.165) is 24.0 Å². The normalized spacial score (nSPS) is 23.7. The van der Waals surface area contributed by atoms with Gasteiger partial charge in [-0.3, -0.25) is 0 Å². The number of hydrogen-bond acceptors (Lipinski definition) is 3. The van der Waals surface area contributed by atoms with E-state index >= 15 is 0 Å². The number of allylic oxidation sites excluding steroid dienone is 9. The highest BCUT2D eigenvalue weighted by molar-refractivity contribution is 5.72. The van der Waals surface area contributed by atoms with Crippen LogP contribution in [0.15, 0.2) is 63.9 Å². The van der Waals surface area contributed by atoms with Gasteiger partial charge in [0.05, 0.1) is 12.3 Å². The molecule has 1 atom stereocenters. The van der Waals surface area contributed by atoms with Gasteiger partial charge < -0.3 is 10.3 Å². The lowest BCUT2D eigenvalue weighted by molar-refractivity contribution is 0.116. The maximum atomic E-state index is 9.93. The summed E-state index contributed by atoms with van der Waals surface area (Å²) in [4.78, 5) is 0. The van der Waals surface area contributed by atoms with Crippen LogP contribution >= 0.6 is 0 Å². The summed E-state index contributed by atoms with van der Waals surface area (Å²) in [6, 6.07) is 0. The predicted octanol–water partition coefficient (Wildman–Crippen LogP) is 4.95. The molecule has 0 aromatic heterocycles. The number of nitrogens with zero attached hydrogens (tertiary/aromatic N) is 1. The van der Waals surface area contributed by atoms with E-state index in [9.17, 15) is 5.11 Å². The molecule has 0 radical (unpaired) electrons. The van der Waals surface area contributed by atoms with Crippen LogP contribution in [0.5, 0.6) is 0 Å². The number of aliphatic hydroxyl groups is 1. The molecular formula is C20H29NO2. The van der Waals surface area contributed by atoms with Crippen LogP contribution < -0.4 is 0 Å². The summed E-state index contributed by atoms with van der Waals surface area (Å²) in [6.45, 7) is 10.5. The second-order valence-corrected chi connectivity index (χ2v) is 6.92. The van der Waals surface area contributed by atoms with E-state index in [1.54, 1.807) is 6.08 Å². The quantitative estimate of drug-likeness (QED) is 0.326. The topological polar surface area (TPSA) is 52.8 Å². The zero-order valence-corrected chi connectivity index (χ0v) is 14.9. The van der Waals surface area contributed by atoms with Crippen LogP contribution in [0.1, 0.15) is 47.5 Å². The number of hydrogen-bond donors (Lipinski definition) is 2. The first-order valence-corrected chi connectivity index (χ1v) is 8.02. The Hall–Kier alpha value is -1.87. The van der Waals surface area contributed by atoms with Crippen molar-refractivity contribution in [1.82, 2.24) is 0 Å². The second kappa shape index (κ2) is 8.68. The molecule has 0 aliphatic heterocycles. The molecule has 1 aliphatic rings. The lowest BCUT2D eigenvalue weighted by Gasteiger charge is -2.35. The summed E-state index contributed by atoms with van der Waals surface area (Å²) < 4.78 is 0. The number of oxime groups is 1. The standard InChI is InChI=1S/C20H29NO2/c1-15(7-6-8-16(2)11-12-21-23)9-10-19-17(3)13-18(22)14-20(19,4)5/h6-12,18,22-23H,13-14H2,1-5H3/b8-6+,10-9+,15-7+,16-11+,21-12+. The molecular weight excluding hydrogens is 286 g/mol. The maximum Gasteiger partial charge on any atom is 0.0664 e. The molecule has 0 heterocycles. The third-order valence-corrected chi connectivity index (χ3v) is 4.11. The second-order valence-electron chi connectivity index (χ2n) is 6.92. The Labute approximate surface area is 140 Å². The Morgan fingerprint density at radius 2 is 1.83 bits per heavy atom. The summed E-state index contributed by atoms with van der Waals surface area (Å²) in [5.41, 5.74) is 4.78. The van der Waals surface area contributed by atoms with Crippen molar-refractivity contribution in [3.8, 4) is 0 Å². The molecule has 0 aromatic carbocycles. The molecule has 1 rings (SSSR count). The fraction of sp³-hybridized carbons (Fsp3) is 0.450. The van der Waals surface area contributed by atoms with Gasteiger partial charge in [-0.1, -0.05) is 60.5 Å². The zero-order valence-electron chi connectivity index (χ0n) is 14.9. The highest BCUT2D eigenvalue weighted by atomic mass is 16.4. The third-order valence-electron chi connectivity index (χ3n) is 4.11. The summed E-state index contributed by atoms with van der Waals surface area (Å²) in [5, 5.41) is 21.2. The molecule has 23 heavy (non-hydrogen) atoms. The van der Waals surface area contributed by atoms with Crippen LogP contribution in [0.25, 0.3) is 0 Å². The van der Waals surface area contributed by atoms with Gasteiger partial charge in [0.2, 0.25) is 0 Å². The van der Waals surface area contributed by atoms with Crippen LogP contribution in [0.4, 0.5) is 0 Å². The van der Waals surface area contributed by atoms with Crippen molar-refractivity contribution in [2.24, 2.45) is 10.6 Å². The lowest BCUT2D eigenvalue weighted by Crippen LogP contribution is -2.28. The Kier molecular flexibility index (Phi) is 7.24. The van der Waals surface area contributed by atoms with Gasteiger partial charge in [0.1, 0.15) is 0 Å². The van der Waals surface area contributed by atoms with Crippen molar-refractivity contribution < 1.29 is 10.3 Å². The van der Waals surface area contributed by atoms with Crippen LogP contribution in [-0.2, 0) is 0 Å².